The number of hydrogen-bond donors (Lipinski definition) is 3. The number of hydrogen-bond acceptors (Lipinski definition) is 5. The molecule has 0 unspecified atom stereocenters. The second-order valence-electron chi connectivity index (χ2n) is 4.11. The largest absolute Gasteiger partial charge is 0.478 e. The summed E-state index contributed by atoms with van der Waals surface area (Å²) in [5.74, 6) is -0.630. The lowest BCUT2D eigenvalue weighted by molar-refractivity contribution is 0.0696. The van der Waals surface area contributed by atoms with E-state index in [1.807, 2.05) is 20.2 Å². The fraction of sp³-hybridized carbons (Fsp3) is 0.250. The molecule has 0 aromatic carbocycles. The van der Waals surface area contributed by atoms with Gasteiger partial charge < -0.3 is 16.2 Å². The van der Waals surface area contributed by atoms with E-state index < -0.39 is 5.97 Å². The van der Waals surface area contributed by atoms with Gasteiger partial charge in [0, 0.05) is 19.4 Å². The lowest BCUT2D eigenvalue weighted by Gasteiger charge is -2.08. The van der Waals surface area contributed by atoms with Gasteiger partial charge in [0.25, 0.3) is 0 Å². The maximum Gasteiger partial charge on any atom is 0.337 e. The summed E-state index contributed by atoms with van der Waals surface area (Å²) in [6, 6.07) is 1.37. The number of nitrogen functional groups attached to an aromatic ring is 1. The molecular weight excluding hydrogens is 246 g/mol. The third-order valence-corrected chi connectivity index (χ3v) is 2.66. The Labute approximate surface area is 110 Å². The number of nitrogens with zero attached hydrogens (tertiary/aromatic N) is 3. The van der Waals surface area contributed by atoms with Crippen molar-refractivity contribution in [2.75, 3.05) is 11.1 Å². The highest BCUT2D eigenvalue weighted by Crippen LogP contribution is 2.23. The lowest BCUT2D eigenvalue weighted by atomic mass is 10.2. The summed E-state index contributed by atoms with van der Waals surface area (Å²) in [4.78, 5) is 14.8. The highest BCUT2D eigenvalue weighted by atomic mass is 16.4. The van der Waals surface area contributed by atoms with Crippen molar-refractivity contribution >= 4 is 23.2 Å². The van der Waals surface area contributed by atoms with E-state index in [0.717, 1.165) is 17.8 Å². The van der Waals surface area contributed by atoms with Gasteiger partial charge in [-0.05, 0) is 12.5 Å². The van der Waals surface area contributed by atoms with Gasteiger partial charge in [0.2, 0.25) is 0 Å². The molecule has 2 aromatic rings. The normalized spacial score (nSPS) is 10.4. The number of carboxylic acids is 1. The number of anilines is 3. The molecule has 7 heteroatoms. The second kappa shape index (κ2) is 4.97. The van der Waals surface area contributed by atoms with Crippen LogP contribution in [0.25, 0.3) is 0 Å². The van der Waals surface area contributed by atoms with E-state index in [9.17, 15) is 4.79 Å². The highest BCUT2D eigenvalue weighted by Gasteiger charge is 2.11. The van der Waals surface area contributed by atoms with Crippen LogP contribution in [0.3, 0.4) is 0 Å². The Kier molecular flexibility index (Phi) is 3.37. The molecule has 19 heavy (non-hydrogen) atoms. The van der Waals surface area contributed by atoms with Crippen LogP contribution in [0, 0.1) is 0 Å². The molecule has 0 aliphatic heterocycles. The highest BCUT2D eigenvalue weighted by molar-refractivity contribution is 5.89. The predicted molar refractivity (Wildman–Crippen MR) is 71.5 cm³/mol. The summed E-state index contributed by atoms with van der Waals surface area (Å²) in [6.45, 7) is 2.00. The van der Waals surface area contributed by atoms with Gasteiger partial charge in [-0.15, -0.1) is 0 Å². The van der Waals surface area contributed by atoms with E-state index >= 15 is 0 Å². The van der Waals surface area contributed by atoms with Crippen LogP contribution in [-0.2, 0) is 13.5 Å². The quantitative estimate of drug-likeness (QED) is 0.768. The number of aryl methyl sites for hydroxylation is 2. The zero-order valence-corrected chi connectivity index (χ0v) is 10.7. The van der Waals surface area contributed by atoms with Crippen molar-refractivity contribution in [1.29, 1.82) is 0 Å². The van der Waals surface area contributed by atoms with Gasteiger partial charge in [-0.3, -0.25) is 4.68 Å². The van der Waals surface area contributed by atoms with Crippen molar-refractivity contribution in [1.82, 2.24) is 14.8 Å². The molecule has 0 aliphatic rings. The summed E-state index contributed by atoms with van der Waals surface area (Å²) >= 11 is 0. The predicted octanol–water partition coefficient (Wildman–Crippen LogP) is 1.40. The molecule has 0 aliphatic carbocycles. The van der Waals surface area contributed by atoms with Gasteiger partial charge in [-0.25, -0.2) is 9.78 Å². The minimum atomic E-state index is -1.05. The molecule has 4 N–H and O–H groups in total. The first kappa shape index (κ1) is 12.9. The van der Waals surface area contributed by atoms with Crippen LogP contribution in [0.1, 0.15) is 23.0 Å². The minimum Gasteiger partial charge on any atom is -0.478 e. The van der Waals surface area contributed by atoms with E-state index in [1.165, 1.54) is 12.3 Å². The van der Waals surface area contributed by atoms with Gasteiger partial charge in [0.1, 0.15) is 0 Å². The Morgan fingerprint density at radius 3 is 2.89 bits per heavy atom. The first-order chi connectivity index (χ1) is 9.01. The van der Waals surface area contributed by atoms with Gasteiger partial charge in [0.05, 0.1) is 22.6 Å². The molecule has 2 aromatic heterocycles. The van der Waals surface area contributed by atoms with E-state index in [0.29, 0.717) is 5.82 Å². The lowest BCUT2D eigenvalue weighted by Crippen LogP contribution is -2.04. The molecule has 2 rings (SSSR count). The molecule has 100 valence electrons. The average Bonchev–Trinajstić information content (AvgIpc) is 2.71. The maximum absolute atomic E-state index is 10.8. The number of carbonyl (C=O) groups is 1. The van der Waals surface area contributed by atoms with Crippen LogP contribution in [0.2, 0.25) is 0 Å². The summed E-state index contributed by atoms with van der Waals surface area (Å²) in [7, 11) is 1.83. The Bertz CT molecular complexity index is 621. The second-order valence-corrected chi connectivity index (χ2v) is 4.11. The molecule has 0 atom stereocenters. The fourth-order valence-corrected chi connectivity index (χ4v) is 1.73. The van der Waals surface area contributed by atoms with Crippen molar-refractivity contribution in [3.63, 3.8) is 0 Å². The number of carboxylic acid groups (broad SMARTS) is 1. The van der Waals surface area contributed by atoms with Crippen molar-refractivity contribution < 1.29 is 9.90 Å². The smallest absolute Gasteiger partial charge is 0.337 e. The first-order valence-corrected chi connectivity index (χ1v) is 5.79. The Balaban J connectivity index is 2.30. The average molecular weight is 261 g/mol. The van der Waals surface area contributed by atoms with Crippen LogP contribution in [0.15, 0.2) is 18.5 Å². The molecular formula is C12H15N5O2. The molecule has 0 saturated heterocycles. The molecule has 0 spiro atoms. The summed E-state index contributed by atoms with van der Waals surface area (Å²) in [6.07, 6.45) is 3.87. The number of pyridine rings is 1. The molecule has 2 heterocycles. The molecule has 0 bridgehead atoms. The standard InChI is InChI=1S/C12H15N5O2/c1-3-9-10(6-17(2)16-9)15-11-8(13)4-7(5-14-11)12(18)19/h4-6H,3,13H2,1-2H3,(H,14,15)(H,18,19). The summed E-state index contributed by atoms with van der Waals surface area (Å²) in [5.41, 5.74) is 7.84. The zero-order chi connectivity index (χ0) is 14.0. The summed E-state index contributed by atoms with van der Waals surface area (Å²) < 4.78 is 1.70. The van der Waals surface area contributed by atoms with Crippen molar-refractivity contribution in [3.8, 4) is 0 Å². The molecule has 7 nitrogen and oxygen atoms in total. The third-order valence-electron chi connectivity index (χ3n) is 2.66. The fourth-order valence-electron chi connectivity index (χ4n) is 1.73. The number of aromatic carboxylic acids is 1. The van der Waals surface area contributed by atoms with Gasteiger partial charge >= 0.3 is 5.97 Å². The van der Waals surface area contributed by atoms with Crippen molar-refractivity contribution in [2.45, 2.75) is 13.3 Å². The van der Waals surface area contributed by atoms with Crippen LogP contribution < -0.4 is 11.1 Å². The Hall–Kier alpha value is -2.57. The Morgan fingerprint density at radius 1 is 1.58 bits per heavy atom. The van der Waals surface area contributed by atoms with E-state index in [-0.39, 0.29) is 11.3 Å². The number of aromatic nitrogens is 3. The molecule has 0 saturated carbocycles. The topological polar surface area (TPSA) is 106 Å². The van der Waals surface area contributed by atoms with Crippen LogP contribution in [0.4, 0.5) is 17.2 Å². The van der Waals surface area contributed by atoms with Crippen LogP contribution >= 0.6 is 0 Å². The summed E-state index contributed by atoms with van der Waals surface area (Å²) in [5, 5.41) is 16.2. The maximum atomic E-state index is 10.8. The number of rotatable bonds is 4. The Morgan fingerprint density at radius 2 is 2.32 bits per heavy atom. The van der Waals surface area contributed by atoms with E-state index in [2.05, 4.69) is 15.4 Å². The minimum absolute atomic E-state index is 0.0601. The van der Waals surface area contributed by atoms with Crippen molar-refractivity contribution in [3.05, 3.63) is 29.7 Å². The molecule has 0 radical (unpaired) electrons. The van der Waals surface area contributed by atoms with E-state index in [4.69, 9.17) is 10.8 Å². The van der Waals surface area contributed by atoms with E-state index in [1.54, 1.807) is 4.68 Å². The van der Waals surface area contributed by atoms with Gasteiger partial charge in [-0.2, -0.15) is 5.10 Å². The SMILES string of the molecule is CCc1nn(C)cc1Nc1ncc(C(=O)O)cc1N. The van der Waals surface area contributed by atoms with Gasteiger partial charge in [0.15, 0.2) is 5.82 Å². The van der Waals surface area contributed by atoms with Crippen LogP contribution in [-0.4, -0.2) is 25.8 Å². The third kappa shape index (κ3) is 2.65. The van der Waals surface area contributed by atoms with Crippen LogP contribution in [0.5, 0.6) is 0 Å². The number of nitrogens with two attached hydrogens (primary N) is 1. The van der Waals surface area contributed by atoms with Gasteiger partial charge in [-0.1, -0.05) is 6.92 Å². The zero-order valence-electron chi connectivity index (χ0n) is 10.7. The van der Waals surface area contributed by atoms with Crippen molar-refractivity contribution in [2.24, 2.45) is 7.05 Å². The molecule has 0 fully saturated rings. The number of nitrogens with one attached hydrogen (secondary N) is 1. The molecule has 0 amide bonds. The first-order valence-electron chi connectivity index (χ1n) is 5.79. The monoisotopic (exact) mass is 261 g/mol.